The summed E-state index contributed by atoms with van der Waals surface area (Å²) in [6.45, 7) is 2.71. The highest BCUT2D eigenvalue weighted by Gasteiger charge is 2.33. The van der Waals surface area contributed by atoms with E-state index in [4.69, 9.17) is 4.74 Å². The van der Waals surface area contributed by atoms with E-state index < -0.39 is 0 Å². The van der Waals surface area contributed by atoms with Crippen LogP contribution in [0.15, 0.2) is 60.9 Å². The highest BCUT2D eigenvalue weighted by molar-refractivity contribution is 7.21. The zero-order valence-electron chi connectivity index (χ0n) is 20.5. The Labute approximate surface area is 222 Å². The van der Waals surface area contributed by atoms with Crippen LogP contribution >= 0.6 is 11.3 Å². The third-order valence-electron chi connectivity index (χ3n) is 6.61. The Morgan fingerprint density at radius 3 is 2.71 bits per heavy atom. The fourth-order valence-corrected chi connectivity index (χ4v) is 5.85. The van der Waals surface area contributed by atoms with Gasteiger partial charge in [0.15, 0.2) is 0 Å². The second-order valence-electron chi connectivity index (χ2n) is 9.12. The average Bonchev–Trinajstić information content (AvgIpc) is 3.30. The molecule has 0 aliphatic carbocycles. The molecule has 1 aromatic carbocycles. The first kappa shape index (κ1) is 23.9. The maximum atomic E-state index is 13.3. The van der Waals surface area contributed by atoms with Gasteiger partial charge in [0.05, 0.1) is 22.4 Å². The van der Waals surface area contributed by atoms with Crippen molar-refractivity contribution in [3.63, 3.8) is 0 Å². The molecule has 1 atom stereocenters. The van der Waals surface area contributed by atoms with Gasteiger partial charge in [0.2, 0.25) is 11.8 Å². The number of carbonyl (C=O) groups excluding carboxylic acids is 3. The van der Waals surface area contributed by atoms with E-state index in [9.17, 15) is 14.4 Å². The number of likely N-dealkylation sites (tertiary alicyclic amines) is 1. The Morgan fingerprint density at radius 2 is 1.95 bits per heavy atom. The topological polar surface area (TPSA) is 117 Å². The molecule has 0 bridgehead atoms. The molecule has 4 aromatic rings. The Hall–Kier alpha value is -4.51. The number of pyridine rings is 2. The lowest BCUT2D eigenvalue weighted by Crippen LogP contribution is -2.49. The van der Waals surface area contributed by atoms with Crippen molar-refractivity contribution in [2.24, 2.45) is 0 Å². The number of piperidine rings is 1. The lowest BCUT2D eigenvalue weighted by atomic mass is 10.1. The minimum atomic E-state index is -0.378. The summed E-state index contributed by atoms with van der Waals surface area (Å²) < 4.78 is 5.77. The summed E-state index contributed by atoms with van der Waals surface area (Å²) in [5.41, 5.74) is 1.74. The molecule has 0 unspecified atom stereocenters. The van der Waals surface area contributed by atoms with E-state index in [0.717, 1.165) is 12.8 Å². The number of anilines is 3. The summed E-state index contributed by atoms with van der Waals surface area (Å²) in [7, 11) is 0. The molecule has 38 heavy (non-hydrogen) atoms. The van der Waals surface area contributed by atoms with Crippen LogP contribution in [0.4, 0.5) is 21.9 Å². The number of rotatable bonds is 5. The number of thiophene rings is 1. The van der Waals surface area contributed by atoms with E-state index in [2.05, 4.69) is 20.6 Å². The number of hydrogen-bond donors (Lipinski definition) is 2. The third kappa shape index (κ3) is 4.41. The first-order valence-corrected chi connectivity index (χ1v) is 13.1. The number of nitrogens with one attached hydrogen (secondary N) is 2. The van der Waals surface area contributed by atoms with Crippen molar-refractivity contribution in [2.45, 2.75) is 25.8 Å². The average molecular weight is 529 g/mol. The maximum Gasteiger partial charge on any atom is 0.331 e. The first-order chi connectivity index (χ1) is 18.5. The molecule has 0 saturated carbocycles. The second-order valence-corrected chi connectivity index (χ2v) is 10.1. The fraction of sp³-hybridized carbons (Fsp3) is 0.222. The molecule has 0 radical (unpaired) electrons. The maximum absolute atomic E-state index is 13.3. The molecular formula is C27H24N6O4S. The van der Waals surface area contributed by atoms with Crippen LogP contribution in [0.1, 0.15) is 29.4 Å². The second kappa shape index (κ2) is 9.75. The zero-order valence-corrected chi connectivity index (χ0v) is 21.3. The molecular weight excluding hydrogens is 504 g/mol. The summed E-state index contributed by atoms with van der Waals surface area (Å²) in [6.07, 6.45) is 4.90. The van der Waals surface area contributed by atoms with Crippen molar-refractivity contribution in [3.05, 3.63) is 65.8 Å². The molecule has 1 fully saturated rings. The molecule has 4 amide bonds. The van der Waals surface area contributed by atoms with E-state index in [-0.39, 0.29) is 23.9 Å². The number of hydrogen-bond acceptors (Lipinski definition) is 7. The summed E-state index contributed by atoms with van der Waals surface area (Å²) >= 11 is 1.24. The summed E-state index contributed by atoms with van der Waals surface area (Å²) in [5, 5.41) is 6.67. The lowest BCUT2D eigenvalue weighted by molar-refractivity contribution is -0.130. The summed E-state index contributed by atoms with van der Waals surface area (Å²) in [4.78, 5) is 51.4. The number of carbonyl (C=O) groups is 3. The van der Waals surface area contributed by atoms with Crippen LogP contribution in [0.25, 0.3) is 10.2 Å². The minimum Gasteiger partial charge on any atom is -0.439 e. The van der Waals surface area contributed by atoms with Gasteiger partial charge >= 0.3 is 6.03 Å². The summed E-state index contributed by atoms with van der Waals surface area (Å²) in [6, 6.07) is 13.8. The molecule has 10 nitrogen and oxygen atoms in total. The highest BCUT2D eigenvalue weighted by atomic mass is 32.1. The molecule has 3 aromatic heterocycles. The Morgan fingerprint density at radius 1 is 1.11 bits per heavy atom. The quantitative estimate of drug-likeness (QED) is 0.380. The molecule has 11 heteroatoms. The van der Waals surface area contributed by atoms with Crippen molar-refractivity contribution >= 4 is 56.5 Å². The zero-order chi connectivity index (χ0) is 26.2. The fourth-order valence-electron chi connectivity index (χ4n) is 4.82. The number of ether oxygens (including phenoxy) is 1. The van der Waals surface area contributed by atoms with Gasteiger partial charge in [-0.15, -0.1) is 11.3 Å². The van der Waals surface area contributed by atoms with Gasteiger partial charge in [-0.05, 0) is 49.2 Å². The highest BCUT2D eigenvalue weighted by Crippen LogP contribution is 2.45. The van der Waals surface area contributed by atoms with Gasteiger partial charge in [0.1, 0.15) is 15.5 Å². The Bertz CT molecular complexity index is 1540. The number of benzene rings is 1. The minimum absolute atomic E-state index is 0.00146. The van der Waals surface area contributed by atoms with Crippen LogP contribution in [0, 0.1) is 0 Å². The van der Waals surface area contributed by atoms with Gasteiger partial charge in [-0.3, -0.25) is 14.5 Å². The predicted molar refractivity (Wildman–Crippen MR) is 144 cm³/mol. The van der Waals surface area contributed by atoms with Crippen molar-refractivity contribution in [1.82, 2.24) is 20.2 Å². The van der Waals surface area contributed by atoms with Gasteiger partial charge in [-0.1, -0.05) is 6.07 Å². The smallest absolute Gasteiger partial charge is 0.331 e. The van der Waals surface area contributed by atoms with Crippen LogP contribution in [0.2, 0.25) is 0 Å². The third-order valence-corrected chi connectivity index (χ3v) is 7.71. The predicted octanol–water partition coefficient (Wildman–Crippen LogP) is 4.91. The molecule has 5 heterocycles. The van der Waals surface area contributed by atoms with Crippen molar-refractivity contribution < 1.29 is 19.1 Å². The molecule has 0 spiro atoms. The number of amides is 4. The van der Waals surface area contributed by atoms with E-state index in [1.54, 1.807) is 58.6 Å². The molecule has 2 aliphatic rings. The van der Waals surface area contributed by atoms with Crippen LogP contribution in [0.3, 0.4) is 0 Å². The van der Waals surface area contributed by atoms with Gasteiger partial charge in [-0.25, -0.2) is 14.8 Å². The molecule has 192 valence electrons. The molecule has 6 rings (SSSR count). The molecule has 2 N–H and O–H groups in total. The van der Waals surface area contributed by atoms with E-state index in [1.165, 1.54) is 18.3 Å². The van der Waals surface area contributed by atoms with E-state index in [1.807, 2.05) is 12.1 Å². The van der Waals surface area contributed by atoms with Gasteiger partial charge in [0, 0.05) is 44.5 Å². The SMILES string of the molecule is CC(=O)N1CCC[C@@H](NC(=O)c2sc3nccc4c3c2NC(=O)N4c2ccc(Oc3ccccn3)cc2)C1. The summed E-state index contributed by atoms with van der Waals surface area (Å²) in [5.74, 6) is 0.779. The Kier molecular flexibility index (Phi) is 6.12. The number of nitrogens with zero attached hydrogens (tertiary/aromatic N) is 4. The van der Waals surface area contributed by atoms with E-state index in [0.29, 0.717) is 56.9 Å². The molecule has 1 saturated heterocycles. The van der Waals surface area contributed by atoms with Crippen molar-refractivity contribution in [1.29, 1.82) is 0 Å². The van der Waals surface area contributed by atoms with Crippen molar-refractivity contribution in [3.8, 4) is 11.6 Å². The van der Waals surface area contributed by atoms with Gasteiger partial charge < -0.3 is 20.3 Å². The number of aromatic nitrogens is 2. The monoisotopic (exact) mass is 528 g/mol. The van der Waals surface area contributed by atoms with Crippen LogP contribution < -0.4 is 20.3 Å². The lowest BCUT2D eigenvalue weighted by Gasteiger charge is -2.32. The van der Waals surface area contributed by atoms with Crippen molar-refractivity contribution in [2.75, 3.05) is 23.3 Å². The standard InChI is InChI=1S/C27H24N6O4S/c1-16(34)32-14-4-5-17(15-32)30-25(35)24-23-22-20(11-13-29-26(22)38-24)33(27(36)31-23)18-7-9-19(10-8-18)37-21-6-2-3-12-28-21/h2-3,6-13,17H,4-5,14-15H2,1H3,(H,30,35)(H,31,36)/t17-/m1/s1. The normalized spacial score (nSPS) is 16.8. The Balaban J connectivity index is 1.28. The van der Waals surface area contributed by atoms with Crippen LogP contribution in [-0.4, -0.2) is 51.8 Å². The van der Waals surface area contributed by atoms with Gasteiger partial charge in [-0.2, -0.15) is 0 Å². The first-order valence-electron chi connectivity index (χ1n) is 12.3. The van der Waals surface area contributed by atoms with E-state index >= 15 is 0 Å². The van der Waals surface area contributed by atoms with Crippen LogP contribution in [-0.2, 0) is 4.79 Å². The largest absolute Gasteiger partial charge is 0.439 e. The number of urea groups is 1. The van der Waals surface area contributed by atoms with Gasteiger partial charge in [0.25, 0.3) is 5.91 Å². The van der Waals surface area contributed by atoms with Crippen LogP contribution in [0.5, 0.6) is 11.6 Å². The molecule has 2 aliphatic heterocycles.